The first-order valence-corrected chi connectivity index (χ1v) is 7.56. The lowest BCUT2D eigenvalue weighted by molar-refractivity contribution is 0.0957. The highest BCUT2D eigenvalue weighted by molar-refractivity contribution is 7.97. The molecule has 1 aliphatic rings. The van der Waals surface area contributed by atoms with Gasteiger partial charge >= 0.3 is 0 Å². The van der Waals surface area contributed by atoms with Crippen molar-refractivity contribution in [2.45, 2.75) is 11.6 Å². The van der Waals surface area contributed by atoms with E-state index < -0.39 is 0 Å². The minimum atomic E-state index is -0.0358. The van der Waals surface area contributed by atoms with E-state index in [0.29, 0.717) is 6.54 Å². The van der Waals surface area contributed by atoms with Crippen LogP contribution in [-0.4, -0.2) is 22.0 Å². The summed E-state index contributed by atoms with van der Waals surface area (Å²) in [7, 11) is 0. The highest BCUT2D eigenvalue weighted by Crippen LogP contribution is 2.34. The van der Waals surface area contributed by atoms with Crippen LogP contribution in [0.25, 0.3) is 11.3 Å². The maximum Gasteiger partial charge on any atom is 0.253 e. The molecule has 0 saturated carbocycles. The van der Waals surface area contributed by atoms with E-state index in [-0.39, 0.29) is 5.91 Å². The Kier molecular flexibility index (Phi) is 3.60. The van der Waals surface area contributed by atoms with Crippen LogP contribution in [-0.2, 0) is 11.6 Å². The van der Waals surface area contributed by atoms with Gasteiger partial charge in [0.15, 0.2) is 0 Å². The van der Waals surface area contributed by atoms with E-state index in [9.17, 15) is 4.79 Å². The second kappa shape index (κ2) is 5.54. The van der Waals surface area contributed by atoms with Crippen LogP contribution in [0.3, 0.4) is 0 Å². The van der Waals surface area contributed by atoms with Crippen LogP contribution < -0.4 is 5.32 Å². The van der Waals surface area contributed by atoms with Gasteiger partial charge in [-0.25, -0.2) is 0 Å². The quantitative estimate of drug-likeness (QED) is 0.879. The molecule has 0 radical (unpaired) electrons. The number of pyridine rings is 1. The molecule has 3 rings (SSSR count). The van der Waals surface area contributed by atoms with Crippen LogP contribution >= 0.6 is 11.8 Å². The fourth-order valence-corrected chi connectivity index (χ4v) is 3.41. The predicted octanol–water partition coefficient (Wildman–Crippen LogP) is 2.67. The molecule has 1 N–H and O–H groups in total. The molecule has 102 valence electrons. The number of carbonyl (C=O) groups excluding carboxylic acids is 1. The molecule has 5 heteroatoms. The Morgan fingerprint density at radius 2 is 2.50 bits per heavy atom. The highest BCUT2D eigenvalue weighted by Gasteiger charge is 2.24. The molecule has 0 aromatic carbocycles. The molecular weight excluding hydrogens is 270 g/mol. The molecule has 2 aromatic rings. The lowest BCUT2D eigenvalue weighted by Crippen LogP contribution is -2.23. The van der Waals surface area contributed by atoms with Crippen LogP contribution in [0.2, 0.25) is 0 Å². The first kappa shape index (κ1) is 13.0. The molecule has 1 amide bonds. The second-order valence-electron chi connectivity index (χ2n) is 4.54. The van der Waals surface area contributed by atoms with E-state index in [1.165, 1.54) is 0 Å². The standard InChI is InChI=1S/C15H15N3OS/c1-2-5-17-15(19)12-7-13(11-4-3-6-16-8-11)18-10-20-9-14(12)18/h2-4,6-8H,1,5,9-10H2,(H,17,19). The number of nitrogens with zero attached hydrogens (tertiary/aromatic N) is 2. The van der Waals surface area contributed by atoms with Crippen molar-refractivity contribution in [2.24, 2.45) is 0 Å². The van der Waals surface area contributed by atoms with Crippen molar-refractivity contribution < 1.29 is 4.79 Å². The van der Waals surface area contributed by atoms with E-state index >= 15 is 0 Å². The summed E-state index contributed by atoms with van der Waals surface area (Å²) in [6.07, 6.45) is 5.27. The Labute approximate surface area is 121 Å². The molecule has 20 heavy (non-hydrogen) atoms. The van der Waals surface area contributed by atoms with Crippen molar-refractivity contribution in [2.75, 3.05) is 6.54 Å². The molecule has 0 bridgehead atoms. The zero-order chi connectivity index (χ0) is 13.9. The van der Waals surface area contributed by atoms with Gasteiger partial charge in [0.25, 0.3) is 5.91 Å². The average Bonchev–Trinajstić information content (AvgIpc) is 3.07. The molecule has 1 aliphatic heterocycles. The van der Waals surface area contributed by atoms with Crippen LogP contribution in [0.1, 0.15) is 16.1 Å². The van der Waals surface area contributed by atoms with Crippen molar-refractivity contribution in [3.8, 4) is 11.3 Å². The van der Waals surface area contributed by atoms with Crippen LogP contribution in [0.4, 0.5) is 0 Å². The number of thioether (sulfide) groups is 1. The normalized spacial score (nSPS) is 13.0. The van der Waals surface area contributed by atoms with Gasteiger partial charge in [0, 0.05) is 35.9 Å². The number of hydrogen-bond acceptors (Lipinski definition) is 3. The minimum absolute atomic E-state index is 0.0358. The maximum absolute atomic E-state index is 12.2. The van der Waals surface area contributed by atoms with Gasteiger partial charge < -0.3 is 9.88 Å². The number of amides is 1. The van der Waals surface area contributed by atoms with E-state index in [1.54, 1.807) is 12.3 Å². The summed E-state index contributed by atoms with van der Waals surface area (Å²) in [5.74, 6) is 1.72. The Morgan fingerprint density at radius 3 is 3.25 bits per heavy atom. The van der Waals surface area contributed by atoms with Gasteiger partial charge in [0.05, 0.1) is 17.1 Å². The molecule has 2 aromatic heterocycles. The Morgan fingerprint density at radius 1 is 1.60 bits per heavy atom. The van der Waals surface area contributed by atoms with E-state index in [2.05, 4.69) is 21.4 Å². The summed E-state index contributed by atoms with van der Waals surface area (Å²) in [6.45, 7) is 4.10. The van der Waals surface area contributed by atoms with Crippen LogP contribution in [0.5, 0.6) is 0 Å². The van der Waals surface area contributed by atoms with Gasteiger partial charge in [-0.3, -0.25) is 9.78 Å². The summed E-state index contributed by atoms with van der Waals surface area (Å²) in [4.78, 5) is 16.4. The highest BCUT2D eigenvalue weighted by atomic mass is 32.2. The molecule has 0 aliphatic carbocycles. The molecule has 0 spiro atoms. The average molecular weight is 285 g/mol. The molecular formula is C15H15N3OS. The summed E-state index contributed by atoms with van der Waals surface area (Å²) in [5.41, 5.74) is 3.95. The first-order valence-electron chi connectivity index (χ1n) is 6.41. The van der Waals surface area contributed by atoms with Gasteiger partial charge in [-0.05, 0) is 18.2 Å². The lowest BCUT2D eigenvalue weighted by atomic mass is 10.2. The third-order valence-corrected chi connectivity index (χ3v) is 4.19. The van der Waals surface area contributed by atoms with Crippen molar-refractivity contribution in [3.63, 3.8) is 0 Å². The topological polar surface area (TPSA) is 46.9 Å². The Hall–Kier alpha value is -2.01. The number of nitrogens with one attached hydrogen (secondary N) is 1. The number of fused-ring (bicyclic) bond motifs is 1. The van der Waals surface area contributed by atoms with Gasteiger partial charge in [0.2, 0.25) is 0 Å². The summed E-state index contributed by atoms with van der Waals surface area (Å²) in [6, 6.07) is 5.89. The van der Waals surface area contributed by atoms with Crippen molar-refractivity contribution in [1.82, 2.24) is 14.9 Å². The monoisotopic (exact) mass is 285 g/mol. The zero-order valence-electron chi connectivity index (χ0n) is 11.0. The second-order valence-corrected chi connectivity index (χ2v) is 5.49. The molecule has 0 atom stereocenters. The largest absolute Gasteiger partial charge is 0.349 e. The summed E-state index contributed by atoms with van der Waals surface area (Å²) >= 11 is 1.82. The predicted molar refractivity (Wildman–Crippen MR) is 81.5 cm³/mol. The van der Waals surface area contributed by atoms with Gasteiger partial charge in [-0.1, -0.05) is 6.08 Å². The van der Waals surface area contributed by atoms with Crippen molar-refractivity contribution >= 4 is 17.7 Å². The van der Waals surface area contributed by atoms with Crippen LogP contribution in [0.15, 0.2) is 43.2 Å². The summed E-state index contributed by atoms with van der Waals surface area (Å²) in [5, 5.41) is 2.85. The number of aromatic nitrogens is 2. The van der Waals surface area contributed by atoms with Gasteiger partial charge in [-0.15, -0.1) is 18.3 Å². The van der Waals surface area contributed by atoms with E-state index in [4.69, 9.17) is 0 Å². The molecule has 0 unspecified atom stereocenters. The van der Waals surface area contributed by atoms with E-state index in [1.807, 2.05) is 36.2 Å². The van der Waals surface area contributed by atoms with Crippen molar-refractivity contribution in [3.05, 3.63) is 54.5 Å². The van der Waals surface area contributed by atoms with Crippen LogP contribution in [0, 0.1) is 0 Å². The number of hydrogen-bond donors (Lipinski definition) is 1. The fraction of sp³-hybridized carbons (Fsp3) is 0.200. The number of carbonyl (C=O) groups is 1. The fourth-order valence-electron chi connectivity index (χ4n) is 2.34. The van der Waals surface area contributed by atoms with Gasteiger partial charge in [0.1, 0.15) is 0 Å². The third-order valence-electron chi connectivity index (χ3n) is 3.28. The molecule has 0 saturated heterocycles. The lowest BCUT2D eigenvalue weighted by Gasteiger charge is -2.04. The maximum atomic E-state index is 12.2. The Bertz CT molecular complexity index is 649. The molecule has 3 heterocycles. The smallest absolute Gasteiger partial charge is 0.253 e. The molecule has 0 fully saturated rings. The van der Waals surface area contributed by atoms with Gasteiger partial charge in [-0.2, -0.15) is 0 Å². The third kappa shape index (κ3) is 2.25. The minimum Gasteiger partial charge on any atom is -0.349 e. The summed E-state index contributed by atoms with van der Waals surface area (Å²) < 4.78 is 2.20. The van der Waals surface area contributed by atoms with Crippen molar-refractivity contribution in [1.29, 1.82) is 0 Å². The number of rotatable bonds is 4. The molecule has 4 nitrogen and oxygen atoms in total. The zero-order valence-corrected chi connectivity index (χ0v) is 11.8. The Balaban J connectivity index is 2.01. The SMILES string of the molecule is C=CCNC(=O)c1cc(-c2cccnc2)n2c1CSC2. The first-order chi connectivity index (χ1) is 9.81. The van der Waals surface area contributed by atoms with E-state index in [0.717, 1.165) is 34.1 Å².